The molecule has 1 aromatic carbocycles. The normalized spacial score (nSPS) is 11.0. The summed E-state index contributed by atoms with van der Waals surface area (Å²) in [6.45, 7) is 7.19. The molecule has 0 saturated heterocycles. The fraction of sp³-hybridized carbons (Fsp3) is 0.308. The second kappa shape index (κ2) is 3.37. The van der Waals surface area contributed by atoms with Crippen molar-refractivity contribution >= 4 is 11.0 Å². The van der Waals surface area contributed by atoms with Crippen molar-refractivity contribution in [2.24, 2.45) is 0 Å². The lowest BCUT2D eigenvalue weighted by atomic mass is 9.99. The van der Waals surface area contributed by atoms with Gasteiger partial charge in [0.2, 0.25) is 0 Å². The Labute approximate surface area is 93.3 Å². The highest BCUT2D eigenvalue weighted by Crippen LogP contribution is 2.33. The Morgan fingerprint density at radius 1 is 1.06 bits per heavy atom. The van der Waals surface area contributed by atoms with Gasteiger partial charge in [0.05, 0.1) is 0 Å². The van der Waals surface area contributed by atoms with E-state index in [9.17, 15) is 9.90 Å². The van der Waals surface area contributed by atoms with Gasteiger partial charge in [-0.05, 0) is 44.9 Å². The molecule has 3 nitrogen and oxygen atoms in total. The molecule has 0 radical (unpaired) electrons. The molecule has 0 unspecified atom stereocenters. The summed E-state index contributed by atoms with van der Waals surface area (Å²) in [7, 11) is 0. The van der Waals surface area contributed by atoms with Crippen LogP contribution in [-0.2, 0) is 0 Å². The Kier molecular flexibility index (Phi) is 2.26. The van der Waals surface area contributed by atoms with Crippen LogP contribution < -0.4 is 5.63 Å². The summed E-state index contributed by atoms with van der Waals surface area (Å²) in [5.41, 5.74) is 3.14. The average molecular weight is 218 g/mol. The third kappa shape index (κ3) is 1.32. The minimum absolute atomic E-state index is 0.276. The minimum Gasteiger partial charge on any atom is -0.507 e. The van der Waals surface area contributed by atoms with Crippen molar-refractivity contribution < 1.29 is 9.52 Å². The topological polar surface area (TPSA) is 50.4 Å². The van der Waals surface area contributed by atoms with E-state index in [1.54, 1.807) is 13.0 Å². The summed E-state index contributed by atoms with van der Waals surface area (Å²) in [5.74, 6) is 0.276. The third-order valence-electron chi connectivity index (χ3n) is 3.14. The van der Waals surface area contributed by atoms with Gasteiger partial charge in [-0.2, -0.15) is 0 Å². The van der Waals surface area contributed by atoms with Crippen LogP contribution in [0.4, 0.5) is 0 Å². The molecule has 84 valence electrons. The zero-order valence-electron chi connectivity index (χ0n) is 9.84. The Balaban J connectivity index is 3.09. The second-order valence-electron chi connectivity index (χ2n) is 4.18. The molecule has 3 heteroatoms. The average Bonchev–Trinajstić information content (AvgIpc) is 2.26. The third-order valence-corrected chi connectivity index (χ3v) is 3.14. The lowest BCUT2D eigenvalue weighted by Gasteiger charge is -2.11. The molecule has 1 heterocycles. The first-order chi connectivity index (χ1) is 7.43. The molecule has 0 aliphatic rings. The summed E-state index contributed by atoms with van der Waals surface area (Å²) >= 11 is 0. The van der Waals surface area contributed by atoms with Gasteiger partial charge in [0.1, 0.15) is 11.3 Å². The van der Waals surface area contributed by atoms with Crippen LogP contribution in [0.25, 0.3) is 11.0 Å². The van der Waals surface area contributed by atoms with E-state index < -0.39 is 0 Å². The van der Waals surface area contributed by atoms with Crippen molar-refractivity contribution in [3.63, 3.8) is 0 Å². The summed E-state index contributed by atoms with van der Waals surface area (Å²) in [5, 5.41) is 10.7. The Bertz CT molecular complexity index is 636. The molecule has 0 aliphatic heterocycles. The van der Waals surface area contributed by atoms with Gasteiger partial charge in [0.15, 0.2) is 0 Å². The van der Waals surface area contributed by atoms with Crippen LogP contribution in [0.5, 0.6) is 5.75 Å². The van der Waals surface area contributed by atoms with Crippen LogP contribution in [0.15, 0.2) is 15.3 Å². The SMILES string of the molecule is Cc1c(O)c(C)c2cc(C)c(=O)oc2c1C. The molecule has 1 N–H and O–H groups in total. The minimum atomic E-state index is -0.319. The zero-order valence-corrected chi connectivity index (χ0v) is 9.84. The molecule has 0 saturated carbocycles. The van der Waals surface area contributed by atoms with Crippen LogP contribution in [-0.4, -0.2) is 5.11 Å². The largest absolute Gasteiger partial charge is 0.507 e. The number of hydrogen-bond acceptors (Lipinski definition) is 3. The van der Waals surface area contributed by atoms with Crippen molar-refractivity contribution in [1.29, 1.82) is 0 Å². The maximum absolute atomic E-state index is 11.5. The van der Waals surface area contributed by atoms with Gasteiger partial charge in [-0.25, -0.2) is 4.79 Å². The molecule has 0 bridgehead atoms. The number of aryl methyl sites for hydroxylation is 3. The smallest absolute Gasteiger partial charge is 0.339 e. The number of aromatic hydroxyl groups is 1. The predicted molar refractivity (Wildman–Crippen MR) is 63.1 cm³/mol. The van der Waals surface area contributed by atoms with Gasteiger partial charge in [-0.15, -0.1) is 0 Å². The van der Waals surface area contributed by atoms with Crippen molar-refractivity contribution in [2.75, 3.05) is 0 Å². The molecule has 16 heavy (non-hydrogen) atoms. The van der Waals surface area contributed by atoms with Crippen molar-refractivity contribution in [1.82, 2.24) is 0 Å². The Hall–Kier alpha value is -1.77. The number of phenolic OH excluding ortho intramolecular Hbond substituents is 1. The molecule has 0 atom stereocenters. The highest BCUT2D eigenvalue weighted by atomic mass is 16.4. The molecule has 0 spiro atoms. The van der Waals surface area contributed by atoms with Crippen LogP contribution >= 0.6 is 0 Å². The molecular formula is C13H14O3. The summed E-state index contributed by atoms with van der Waals surface area (Å²) in [6, 6.07) is 1.77. The lowest BCUT2D eigenvalue weighted by Crippen LogP contribution is -2.04. The van der Waals surface area contributed by atoms with Gasteiger partial charge in [0.25, 0.3) is 0 Å². The van der Waals surface area contributed by atoms with Crippen molar-refractivity contribution in [3.8, 4) is 5.75 Å². The van der Waals surface area contributed by atoms with Gasteiger partial charge < -0.3 is 9.52 Å². The van der Waals surface area contributed by atoms with E-state index in [2.05, 4.69) is 0 Å². The summed E-state index contributed by atoms with van der Waals surface area (Å²) in [4.78, 5) is 11.5. The zero-order chi connectivity index (χ0) is 12.0. The van der Waals surface area contributed by atoms with E-state index in [0.717, 1.165) is 22.1 Å². The van der Waals surface area contributed by atoms with E-state index in [-0.39, 0.29) is 11.4 Å². The van der Waals surface area contributed by atoms with Crippen LogP contribution in [0.3, 0.4) is 0 Å². The fourth-order valence-corrected chi connectivity index (χ4v) is 1.88. The number of phenols is 1. The highest BCUT2D eigenvalue weighted by Gasteiger charge is 2.14. The monoisotopic (exact) mass is 218 g/mol. The maximum atomic E-state index is 11.5. The Morgan fingerprint density at radius 2 is 1.69 bits per heavy atom. The number of fused-ring (bicyclic) bond motifs is 1. The maximum Gasteiger partial charge on any atom is 0.339 e. The van der Waals surface area contributed by atoms with Crippen molar-refractivity contribution in [2.45, 2.75) is 27.7 Å². The predicted octanol–water partition coefficient (Wildman–Crippen LogP) is 2.73. The molecule has 2 rings (SSSR count). The Morgan fingerprint density at radius 3 is 2.31 bits per heavy atom. The number of hydrogen-bond donors (Lipinski definition) is 1. The van der Waals surface area contributed by atoms with Gasteiger partial charge in [-0.1, -0.05) is 0 Å². The number of benzene rings is 1. The molecule has 2 aromatic rings. The fourth-order valence-electron chi connectivity index (χ4n) is 1.88. The van der Waals surface area contributed by atoms with Crippen LogP contribution in [0, 0.1) is 27.7 Å². The molecule has 1 aromatic heterocycles. The number of rotatable bonds is 0. The molecule has 0 aliphatic carbocycles. The van der Waals surface area contributed by atoms with E-state index in [1.165, 1.54) is 0 Å². The summed E-state index contributed by atoms with van der Waals surface area (Å²) in [6.07, 6.45) is 0. The van der Waals surface area contributed by atoms with Crippen molar-refractivity contribution in [3.05, 3.63) is 38.7 Å². The quantitative estimate of drug-likeness (QED) is 0.692. The van der Waals surface area contributed by atoms with E-state index in [4.69, 9.17) is 4.42 Å². The van der Waals surface area contributed by atoms with Gasteiger partial charge in [-0.3, -0.25) is 0 Å². The first-order valence-corrected chi connectivity index (χ1v) is 5.16. The van der Waals surface area contributed by atoms with Crippen LogP contribution in [0.1, 0.15) is 22.3 Å². The van der Waals surface area contributed by atoms with E-state index >= 15 is 0 Å². The summed E-state index contributed by atoms with van der Waals surface area (Å²) < 4.78 is 5.27. The first-order valence-electron chi connectivity index (χ1n) is 5.16. The van der Waals surface area contributed by atoms with Crippen LogP contribution in [0.2, 0.25) is 0 Å². The van der Waals surface area contributed by atoms with Gasteiger partial charge in [0, 0.05) is 16.5 Å². The second-order valence-corrected chi connectivity index (χ2v) is 4.18. The highest BCUT2D eigenvalue weighted by molar-refractivity contribution is 5.87. The lowest BCUT2D eigenvalue weighted by molar-refractivity contribution is 0.466. The molecular weight excluding hydrogens is 204 g/mol. The molecule has 0 amide bonds. The molecule has 0 fully saturated rings. The standard InChI is InChI=1S/C13H14O3/c1-6-5-10-9(4)11(14)7(2)8(3)12(10)16-13(6)15/h5,14H,1-4H3. The van der Waals surface area contributed by atoms with E-state index in [0.29, 0.717) is 11.1 Å². The van der Waals surface area contributed by atoms with E-state index in [1.807, 2.05) is 20.8 Å². The first kappa shape index (κ1) is 10.7. The van der Waals surface area contributed by atoms with Gasteiger partial charge >= 0.3 is 5.63 Å².